The minimum atomic E-state index is -0.532. The van der Waals surface area contributed by atoms with Gasteiger partial charge in [-0.2, -0.15) is 0 Å². The second-order valence-electron chi connectivity index (χ2n) is 6.40. The number of carbonyl (C=O) groups excluding carboxylic acids is 1. The van der Waals surface area contributed by atoms with Gasteiger partial charge in [-0.3, -0.25) is 9.69 Å². The van der Waals surface area contributed by atoms with Crippen molar-refractivity contribution < 1.29 is 13.6 Å². The molecule has 3 aromatic rings. The third-order valence-electron chi connectivity index (χ3n) is 4.77. The molecular formula is C19H18F2N4O. The van der Waals surface area contributed by atoms with Crippen molar-refractivity contribution in [3.63, 3.8) is 0 Å². The Morgan fingerprint density at radius 2 is 1.81 bits per heavy atom. The van der Waals surface area contributed by atoms with Gasteiger partial charge in [-0.15, -0.1) is 0 Å². The van der Waals surface area contributed by atoms with Gasteiger partial charge in [-0.05, 0) is 30.3 Å². The Bertz CT molecular complexity index is 927. The van der Waals surface area contributed by atoms with Crippen molar-refractivity contribution in [1.29, 1.82) is 0 Å². The van der Waals surface area contributed by atoms with E-state index >= 15 is 0 Å². The predicted octanol–water partition coefficient (Wildman–Crippen LogP) is 2.80. The van der Waals surface area contributed by atoms with Crippen LogP contribution in [0.4, 0.5) is 8.78 Å². The first-order chi connectivity index (χ1) is 12.6. The molecule has 0 radical (unpaired) electrons. The van der Waals surface area contributed by atoms with Crippen LogP contribution in [0.3, 0.4) is 0 Å². The summed E-state index contributed by atoms with van der Waals surface area (Å²) >= 11 is 0. The molecule has 26 heavy (non-hydrogen) atoms. The normalized spacial score (nSPS) is 15.5. The van der Waals surface area contributed by atoms with Crippen LogP contribution < -0.4 is 0 Å². The van der Waals surface area contributed by atoms with Crippen molar-refractivity contribution in [3.05, 3.63) is 65.5 Å². The van der Waals surface area contributed by atoms with E-state index in [1.54, 1.807) is 23.4 Å². The van der Waals surface area contributed by atoms with Crippen LogP contribution >= 0.6 is 0 Å². The second-order valence-corrected chi connectivity index (χ2v) is 6.40. The van der Waals surface area contributed by atoms with Gasteiger partial charge in [-0.1, -0.05) is 6.07 Å². The molecule has 4 rings (SSSR count). The Kier molecular flexibility index (Phi) is 4.38. The molecule has 1 N–H and O–H groups in total. The van der Waals surface area contributed by atoms with Gasteiger partial charge in [0.1, 0.15) is 11.6 Å². The molecule has 2 heterocycles. The largest absolute Gasteiger partial charge is 0.345 e. The number of amides is 1. The maximum Gasteiger partial charge on any atom is 0.254 e. The lowest BCUT2D eigenvalue weighted by atomic mass is 10.1. The standard InChI is InChI=1S/C19H18F2N4O/c20-15-2-1-3-16(21)14(15)11-24-6-8-25(9-7-24)19(26)13-4-5-17-18(10-13)23-12-22-17/h1-5,10,12H,6-9,11H2,(H,22,23). The van der Waals surface area contributed by atoms with E-state index < -0.39 is 11.6 Å². The van der Waals surface area contributed by atoms with Crippen LogP contribution in [-0.2, 0) is 6.54 Å². The van der Waals surface area contributed by atoms with E-state index in [9.17, 15) is 13.6 Å². The minimum absolute atomic E-state index is 0.0494. The summed E-state index contributed by atoms with van der Waals surface area (Å²) in [5, 5.41) is 0. The van der Waals surface area contributed by atoms with E-state index in [-0.39, 0.29) is 18.0 Å². The Hall–Kier alpha value is -2.80. The maximum absolute atomic E-state index is 13.8. The number of rotatable bonds is 3. The number of hydrogen-bond donors (Lipinski definition) is 1. The summed E-state index contributed by atoms with van der Waals surface area (Å²) in [6.07, 6.45) is 1.60. The molecule has 1 aliphatic rings. The van der Waals surface area contributed by atoms with Crippen molar-refractivity contribution >= 4 is 16.9 Å². The van der Waals surface area contributed by atoms with Gasteiger partial charge in [0.25, 0.3) is 5.91 Å². The molecule has 0 bridgehead atoms. The Labute approximate surface area is 149 Å². The summed E-state index contributed by atoms with van der Waals surface area (Å²) in [7, 11) is 0. The highest BCUT2D eigenvalue weighted by molar-refractivity contribution is 5.97. The van der Waals surface area contributed by atoms with E-state index in [0.717, 1.165) is 11.0 Å². The van der Waals surface area contributed by atoms with Crippen LogP contribution in [0.1, 0.15) is 15.9 Å². The molecule has 0 spiro atoms. The highest BCUT2D eigenvalue weighted by atomic mass is 19.1. The Morgan fingerprint density at radius 3 is 2.54 bits per heavy atom. The summed E-state index contributed by atoms with van der Waals surface area (Å²) in [5.74, 6) is -1.11. The van der Waals surface area contributed by atoms with Crippen molar-refractivity contribution in [1.82, 2.24) is 19.8 Å². The first kappa shape index (κ1) is 16.7. The van der Waals surface area contributed by atoms with Crippen molar-refractivity contribution in [2.75, 3.05) is 26.2 Å². The fraction of sp³-hybridized carbons (Fsp3) is 0.263. The number of hydrogen-bond acceptors (Lipinski definition) is 3. The van der Waals surface area contributed by atoms with Gasteiger partial charge in [0.2, 0.25) is 0 Å². The van der Waals surface area contributed by atoms with Crippen LogP contribution in [0, 0.1) is 11.6 Å². The minimum Gasteiger partial charge on any atom is -0.345 e. The molecule has 0 atom stereocenters. The fourth-order valence-corrected chi connectivity index (χ4v) is 3.26. The van der Waals surface area contributed by atoms with E-state index in [1.807, 2.05) is 11.0 Å². The zero-order chi connectivity index (χ0) is 18.1. The third-order valence-corrected chi connectivity index (χ3v) is 4.77. The van der Waals surface area contributed by atoms with Crippen LogP contribution in [0.15, 0.2) is 42.7 Å². The molecule has 1 aliphatic heterocycles. The molecule has 134 valence electrons. The second kappa shape index (κ2) is 6.84. The lowest BCUT2D eigenvalue weighted by Crippen LogP contribution is -2.48. The number of aromatic amines is 1. The van der Waals surface area contributed by atoms with Gasteiger partial charge in [0.05, 0.1) is 17.4 Å². The highest BCUT2D eigenvalue weighted by Crippen LogP contribution is 2.18. The fourth-order valence-electron chi connectivity index (χ4n) is 3.26. The van der Waals surface area contributed by atoms with Crippen LogP contribution in [0.5, 0.6) is 0 Å². The number of imidazole rings is 1. The number of aromatic nitrogens is 2. The molecule has 5 nitrogen and oxygen atoms in total. The van der Waals surface area contributed by atoms with Crippen molar-refractivity contribution in [3.8, 4) is 0 Å². The zero-order valence-electron chi connectivity index (χ0n) is 14.1. The summed E-state index contributed by atoms with van der Waals surface area (Å²) in [6, 6.07) is 9.29. The molecule has 7 heteroatoms. The van der Waals surface area contributed by atoms with E-state index in [1.165, 1.54) is 18.2 Å². The van der Waals surface area contributed by atoms with Crippen molar-refractivity contribution in [2.24, 2.45) is 0 Å². The number of carbonyl (C=O) groups is 1. The lowest BCUT2D eigenvalue weighted by molar-refractivity contribution is 0.0625. The number of piperazine rings is 1. The van der Waals surface area contributed by atoms with Gasteiger partial charge >= 0.3 is 0 Å². The monoisotopic (exact) mass is 356 g/mol. The average Bonchev–Trinajstić information content (AvgIpc) is 3.12. The average molecular weight is 356 g/mol. The summed E-state index contributed by atoms with van der Waals surface area (Å²) in [4.78, 5) is 23.6. The first-order valence-corrected chi connectivity index (χ1v) is 8.49. The topological polar surface area (TPSA) is 52.2 Å². The number of nitrogens with one attached hydrogen (secondary N) is 1. The summed E-state index contributed by atoms with van der Waals surface area (Å²) in [5.41, 5.74) is 2.32. The quantitative estimate of drug-likeness (QED) is 0.785. The highest BCUT2D eigenvalue weighted by Gasteiger charge is 2.23. The maximum atomic E-state index is 13.8. The van der Waals surface area contributed by atoms with Crippen LogP contribution in [-0.4, -0.2) is 51.9 Å². The van der Waals surface area contributed by atoms with Gasteiger partial charge in [0, 0.05) is 43.9 Å². The smallest absolute Gasteiger partial charge is 0.254 e. The molecule has 1 amide bonds. The number of benzene rings is 2. The molecule has 1 aromatic heterocycles. The van der Waals surface area contributed by atoms with E-state index in [0.29, 0.717) is 31.7 Å². The molecule has 1 fully saturated rings. The molecule has 0 saturated carbocycles. The first-order valence-electron chi connectivity index (χ1n) is 8.49. The summed E-state index contributed by atoms with van der Waals surface area (Å²) in [6.45, 7) is 2.40. The van der Waals surface area contributed by atoms with Crippen LogP contribution in [0.2, 0.25) is 0 Å². The van der Waals surface area contributed by atoms with Gasteiger partial charge in [0.15, 0.2) is 0 Å². The molecular weight excluding hydrogens is 338 g/mol. The van der Waals surface area contributed by atoms with Gasteiger partial charge < -0.3 is 9.88 Å². The molecule has 0 aliphatic carbocycles. The van der Waals surface area contributed by atoms with Crippen LogP contribution in [0.25, 0.3) is 11.0 Å². The van der Waals surface area contributed by atoms with E-state index in [4.69, 9.17) is 0 Å². The van der Waals surface area contributed by atoms with E-state index in [2.05, 4.69) is 9.97 Å². The molecule has 2 aromatic carbocycles. The SMILES string of the molecule is O=C(c1ccc2[nH]cnc2c1)N1CCN(Cc2c(F)cccc2F)CC1. The Morgan fingerprint density at radius 1 is 1.08 bits per heavy atom. The predicted molar refractivity (Wildman–Crippen MR) is 93.6 cm³/mol. The number of fused-ring (bicyclic) bond motifs is 1. The number of halogens is 2. The van der Waals surface area contributed by atoms with Gasteiger partial charge in [-0.25, -0.2) is 13.8 Å². The molecule has 1 saturated heterocycles. The number of nitrogens with zero attached hydrogens (tertiary/aromatic N) is 3. The zero-order valence-corrected chi connectivity index (χ0v) is 14.1. The Balaban J connectivity index is 1.40. The van der Waals surface area contributed by atoms with Crippen molar-refractivity contribution in [2.45, 2.75) is 6.54 Å². The third kappa shape index (κ3) is 3.17. The lowest BCUT2D eigenvalue weighted by Gasteiger charge is -2.34. The number of H-pyrrole nitrogens is 1. The summed E-state index contributed by atoms with van der Waals surface area (Å²) < 4.78 is 27.6. The molecule has 0 unspecified atom stereocenters.